The Kier molecular flexibility index (Phi) is 4.58. The van der Waals surface area contributed by atoms with Crippen LogP contribution in [0.5, 0.6) is 0 Å². The number of anilines is 1. The van der Waals surface area contributed by atoms with Crippen LogP contribution < -0.4 is 4.90 Å². The van der Waals surface area contributed by atoms with Gasteiger partial charge in [0.2, 0.25) is 11.8 Å². The van der Waals surface area contributed by atoms with E-state index in [1.54, 1.807) is 12.1 Å². The Morgan fingerprint density at radius 3 is 2.32 bits per heavy atom. The monoisotopic (exact) mass is 414 g/mol. The lowest BCUT2D eigenvalue weighted by molar-refractivity contribution is -0.142. The number of fused-ring (bicyclic) bond motifs is 5. The van der Waals surface area contributed by atoms with Crippen LogP contribution in [0.1, 0.15) is 43.1 Å². The van der Waals surface area contributed by atoms with Gasteiger partial charge in [0.25, 0.3) is 0 Å². The molecule has 0 spiro atoms. The molecule has 3 heterocycles. The van der Waals surface area contributed by atoms with E-state index in [4.69, 9.17) is 0 Å². The Morgan fingerprint density at radius 1 is 0.968 bits per heavy atom. The molecule has 2 amide bonds. The van der Waals surface area contributed by atoms with E-state index < -0.39 is 17.9 Å². The first kappa shape index (κ1) is 19.7. The highest BCUT2D eigenvalue weighted by atomic mass is 16.2. The van der Waals surface area contributed by atoms with Gasteiger partial charge in [-0.2, -0.15) is 0 Å². The van der Waals surface area contributed by atoms with E-state index in [9.17, 15) is 14.4 Å². The molecule has 31 heavy (non-hydrogen) atoms. The second-order valence-corrected chi connectivity index (χ2v) is 8.80. The summed E-state index contributed by atoms with van der Waals surface area (Å²) in [5, 5.41) is 0. The zero-order valence-corrected chi connectivity index (χ0v) is 18.0. The van der Waals surface area contributed by atoms with Gasteiger partial charge in [-0.25, -0.2) is 0 Å². The van der Waals surface area contributed by atoms with E-state index in [0.29, 0.717) is 12.0 Å². The number of imide groups is 1. The highest BCUT2D eigenvalue weighted by Gasteiger charge is 2.64. The molecule has 0 radical (unpaired) electrons. The van der Waals surface area contributed by atoms with Crippen LogP contribution in [-0.4, -0.2) is 40.6 Å². The van der Waals surface area contributed by atoms with Crippen molar-refractivity contribution in [1.82, 2.24) is 4.90 Å². The minimum absolute atomic E-state index is 0.104. The normalized spacial score (nSPS) is 27.5. The fraction of sp³-hybridized carbons (Fsp3) is 0.346. The molecule has 0 aromatic heterocycles. The zero-order valence-electron chi connectivity index (χ0n) is 18.0. The van der Waals surface area contributed by atoms with Crippen LogP contribution in [-0.2, 0) is 9.59 Å². The maximum absolute atomic E-state index is 13.8. The lowest BCUT2D eigenvalue weighted by Crippen LogP contribution is -2.50. The summed E-state index contributed by atoms with van der Waals surface area (Å²) in [4.78, 5) is 44.3. The Morgan fingerprint density at radius 2 is 1.61 bits per heavy atom. The van der Waals surface area contributed by atoms with Gasteiger partial charge in [0.15, 0.2) is 5.78 Å². The number of para-hydroxylation sites is 1. The Hall–Kier alpha value is -3.21. The summed E-state index contributed by atoms with van der Waals surface area (Å²) in [7, 11) is 0. The van der Waals surface area contributed by atoms with Gasteiger partial charge in [0, 0.05) is 22.9 Å². The maximum Gasteiger partial charge on any atom is 0.236 e. The topological polar surface area (TPSA) is 57.7 Å². The van der Waals surface area contributed by atoms with E-state index in [1.807, 2.05) is 68.1 Å². The summed E-state index contributed by atoms with van der Waals surface area (Å²) in [5.41, 5.74) is 3.61. The minimum atomic E-state index is -0.701. The van der Waals surface area contributed by atoms with Crippen LogP contribution in [0, 0.1) is 11.8 Å². The number of hydrogen-bond acceptors (Lipinski definition) is 4. The second kappa shape index (κ2) is 7.19. The van der Waals surface area contributed by atoms with Crippen molar-refractivity contribution in [2.75, 3.05) is 4.90 Å². The number of carbonyl (C=O) groups is 3. The number of benzene rings is 2. The molecule has 5 rings (SSSR count). The average Bonchev–Trinajstić information content (AvgIpc) is 3.26. The standard InChI is InChI=1S/C26H26N2O3/c1-4-16(3)27-25(30)21-20-14-15(2)18-12-8-9-13-19(18)28(20)23(22(21)26(27)31)24(29)17-10-6-5-7-11-17/h5-14,16,20-23H,4H2,1-3H3/t16-,20-,21-,22+,23-/m0/s1. The first-order valence-corrected chi connectivity index (χ1v) is 11.0. The molecular weight excluding hydrogens is 388 g/mol. The molecule has 5 nitrogen and oxygen atoms in total. The van der Waals surface area contributed by atoms with Gasteiger partial charge in [-0.05, 0) is 31.9 Å². The number of likely N-dealkylation sites (tertiary alicyclic amines) is 1. The number of ketones is 1. The molecule has 2 aromatic carbocycles. The number of Topliss-reactive ketones (excluding diaryl/α,β-unsaturated/α-hetero) is 1. The Bertz CT molecular complexity index is 1110. The van der Waals surface area contributed by atoms with E-state index >= 15 is 0 Å². The van der Waals surface area contributed by atoms with Crippen LogP contribution in [0.15, 0.2) is 60.7 Å². The van der Waals surface area contributed by atoms with Gasteiger partial charge in [-0.1, -0.05) is 61.5 Å². The van der Waals surface area contributed by atoms with Crippen LogP contribution in [0.2, 0.25) is 0 Å². The number of allylic oxidation sites excluding steroid dienone is 1. The Labute approximate surface area is 182 Å². The largest absolute Gasteiger partial charge is 0.352 e. The number of amides is 2. The van der Waals surface area contributed by atoms with E-state index in [0.717, 1.165) is 16.8 Å². The van der Waals surface area contributed by atoms with Crippen molar-refractivity contribution in [2.24, 2.45) is 11.8 Å². The summed E-state index contributed by atoms with van der Waals surface area (Å²) >= 11 is 0. The minimum Gasteiger partial charge on any atom is -0.352 e. The molecule has 0 saturated carbocycles. The molecule has 0 bridgehead atoms. The van der Waals surface area contributed by atoms with Gasteiger partial charge in [0.1, 0.15) is 6.04 Å². The molecule has 2 fully saturated rings. The zero-order chi connectivity index (χ0) is 21.9. The van der Waals surface area contributed by atoms with Crippen molar-refractivity contribution < 1.29 is 14.4 Å². The number of rotatable bonds is 4. The summed E-state index contributed by atoms with van der Waals surface area (Å²) in [6.45, 7) is 5.91. The summed E-state index contributed by atoms with van der Waals surface area (Å²) < 4.78 is 0. The molecule has 2 aromatic rings. The molecule has 2 saturated heterocycles. The third kappa shape index (κ3) is 2.72. The highest BCUT2D eigenvalue weighted by Crippen LogP contribution is 2.50. The van der Waals surface area contributed by atoms with E-state index in [-0.39, 0.29) is 29.7 Å². The molecule has 5 atom stereocenters. The van der Waals surface area contributed by atoms with Crippen molar-refractivity contribution >= 4 is 28.9 Å². The molecule has 5 heteroatoms. The molecule has 158 valence electrons. The first-order chi connectivity index (χ1) is 15.0. The second-order valence-electron chi connectivity index (χ2n) is 8.80. The SMILES string of the molecule is CC[C@H](C)N1C(=O)[C@@H]2[C@@H](C1=O)[C@@H]1C=C(C)c3ccccc3N1[C@@H]2C(=O)c1ccccc1. The van der Waals surface area contributed by atoms with Crippen LogP contribution >= 0.6 is 0 Å². The van der Waals surface area contributed by atoms with E-state index in [1.165, 1.54) is 4.90 Å². The predicted molar refractivity (Wildman–Crippen MR) is 120 cm³/mol. The van der Waals surface area contributed by atoms with E-state index in [2.05, 4.69) is 6.08 Å². The van der Waals surface area contributed by atoms with Crippen molar-refractivity contribution in [3.05, 3.63) is 71.8 Å². The maximum atomic E-state index is 13.8. The summed E-state index contributed by atoms with van der Waals surface area (Å²) in [5.74, 6) is -1.67. The molecule has 0 N–H and O–H groups in total. The van der Waals surface area contributed by atoms with Crippen molar-refractivity contribution in [3.63, 3.8) is 0 Å². The smallest absolute Gasteiger partial charge is 0.236 e. The van der Waals surface area contributed by atoms with Gasteiger partial charge in [-0.3, -0.25) is 19.3 Å². The molecule has 0 unspecified atom stereocenters. The Balaban J connectivity index is 1.69. The molecular formula is C26H26N2O3. The summed E-state index contributed by atoms with van der Waals surface area (Å²) in [6.07, 6.45) is 2.77. The molecule has 3 aliphatic rings. The van der Waals surface area contributed by atoms with Crippen LogP contribution in [0.25, 0.3) is 5.57 Å². The van der Waals surface area contributed by atoms with Crippen molar-refractivity contribution in [3.8, 4) is 0 Å². The molecule has 3 aliphatic heterocycles. The van der Waals surface area contributed by atoms with Crippen LogP contribution in [0.3, 0.4) is 0 Å². The molecule has 0 aliphatic carbocycles. The van der Waals surface area contributed by atoms with Gasteiger partial charge in [0.05, 0.1) is 17.9 Å². The van der Waals surface area contributed by atoms with Gasteiger partial charge in [-0.15, -0.1) is 0 Å². The number of nitrogens with zero attached hydrogens (tertiary/aromatic N) is 2. The summed E-state index contributed by atoms with van der Waals surface area (Å²) in [6, 6.07) is 15.9. The lowest BCUT2D eigenvalue weighted by Gasteiger charge is -2.38. The predicted octanol–water partition coefficient (Wildman–Crippen LogP) is 3.94. The average molecular weight is 415 g/mol. The first-order valence-electron chi connectivity index (χ1n) is 11.0. The fourth-order valence-corrected chi connectivity index (χ4v) is 5.51. The van der Waals surface area contributed by atoms with Gasteiger partial charge < -0.3 is 4.90 Å². The quantitative estimate of drug-likeness (QED) is 0.562. The number of carbonyl (C=O) groups excluding carboxylic acids is 3. The van der Waals surface area contributed by atoms with Crippen molar-refractivity contribution in [1.29, 1.82) is 0 Å². The van der Waals surface area contributed by atoms with Crippen LogP contribution in [0.4, 0.5) is 5.69 Å². The third-order valence-corrected chi connectivity index (χ3v) is 7.15. The number of hydrogen-bond donors (Lipinski definition) is 0. The van der Waals surface area contributed by atoms with Gasteiger partial charge >= 0.3 is 0 Å². The lowest BCUT2D eigenvalue weighted by atomic mass is 9.85. The van der Waals surface area contributed by atoms with Crippen molar-refractivity contribution in [2.45, 2.75) is 45.3 Å². The third-order valence-electron chi connectivity index (χ3n) is 7.15. The highest BCUT2D eigenvalue weighted by molar-refractivity contribution is 6.14. The fourth-order valence-electron chi connectivity index (χ4n) is 5.51.